The molecule has 2 aliphatic rings. The van der Waals surface area contributed by atoms with E-state index < -0.39 is 12.0 Å². The Kier molecular flexibility index (Phi) is 5.06. The van der Waals surface area contributed by atoms with E-state index in [1.807, 2.05) is 18.2 Å². The zero-order chi connectivity index (χ0) is 18.0. The molecular formula is C19H24N2O4. The van der Waals surface area contributed by atoms with Gasteiger partial charge in [0.1, 0.15) is 6.04 Å². The summed E-state index contributed by atoms with van der Waals surface area (Å²) in [7, 11) is 0. The molecule has 0 radical (unpaired) electrons. The molecule has 1 atom stereocenters. The van der Waals surface area contributed by atoms with Crippen LogP contribution in [0.25, 0.3) is 0 Å². The Morgan fingerprint density at radius 3 is 2.20 bits per heavy atom. The summed E-state index contributed by atoms with van der Waals surface area (Å²) in [6.45, 7) is 2.64. The molecule has 1 aromatic rings. The summed E-state index contributed by atoms with van der Waals surface area (Å²) >= 11 is 0. The Labute approximate surface area is 147 Å². The lowest BCUT2D eigenvalue weighted by molar-refractivity contribution is -0.152. The average Bonchev–Trinajstić information content (AvgIpc) is 3.47. The molecule has 1 aromatic carbocycles. The van der Waals surface area contributed by atoms with Crippen molar-refractivity contribution in [2.24, 2.45) is 5.92 Å². The van der Waals surface area contributed by atoms with Crippen LogP contribution in [-0.2, 0) is 9.59 Å². The van der Waals surface area contributed by atoms with Crippen molar-refractivity contribution in [2.45, 2.75) is 44.7 Å². The van der Waals surface area contributed by atoms with Gasteiger partial charge in [-0.3, -0.25) is 9.59 Å². The first-order valence-corrected chi connectivity index (χ1v) is 8.88. The Morgan fingerprint density at radius 1 is 1.08 bits per heavy atom. The number of hydrogen-bond donors (Lipinski definition) is 1. The van der Waals surface area contributed by atoms with Gasteiger partial charge in [-0.25, -0.2) is 4.79 Å². The van der Waals surface area contributed by atoms with Gasteiger partial charge in [-0.1, -0.05) is 18.2 Å². The largest absolute Gasteiger partial charge is 0.480 e. The van der Waals surface area contributed by atoms with Crippen molar-refractivity contribution < 1.29 is 19.5 Å². The van der Waals surface area contributed by atoms with Crippen LogP contribution in [0.15, 0.2) is 30.3 Å². The zero-order valence-electron chi connectivity index (χ0n) is 14.4. The van der Waals surface area contributed by atoms with Gasteiger partial charge in [-0.2, -0.15) is 0 Å². The second-order valence-electron chi connectivity index (χ2n) is 6.92. The molecule has 1 aliphatic heterocycles. The van der Waals surface area contributed by atoms with Gasteiger partial charge in [0.25, 0.3) is 5.91 Å². The molecule has 6 heteroatoms. The topological polar surface area (TPSA) is 77.9 Å². The second kappa shape index (κ2) is 7.25. The number of benzene rings is 1. The second-order valence-corrected chi connectivity index (χ2v) is 6.92. The summed E-state index contributed by atoms with van der Waals surface area (Å²) in [5, 5.41) is 9.27. The highest BCUT2D eigenvalue weighted by Gasteiger charge is 2.41. The molecular weight excluding hydrogens is 320 g/mol. The lowest BCUT2D eigenvalue weighted by Crippen LogP contribution is -2.50. The zero-order valence-corrected chi connectivity index (χ0v) is 14.4. The van der Waals surface area contributed by atoms with Crippen molar-refractivity contribution in [2.75, 3.05) is 13.1 Å². The normalized spacial score (nSPS) is 19.3. The molecule has 2 amide bonds. The van der Waals surface area contributed by atoms with E-state index in [1.165, 1.54) is 0 Å². The standard InChI is InChI=1S/C19H24N2O4/c1-13(19(24)25)21(16-7-8-16)18(23)15-9-11-20(12-10-15)17(22)14-5-3-2-4-6-14/h2-6,13,15-16H,7-12H2,1H3,(H,24,25). The first kappa shape index (κ1) is 17.5. The van der Waals surface area contributed by atoms with E-state index in [4.69, 9.17) is 0 Å². The van der Waals surface area contributed by atoms with E-state index in [-0.39, 0.29) is 23.8 Å². The van der Waals surface area contributed by atoms with Crippen LogP contribution >= 0.6 is 0 Å². The molecule has 0 aromatic heterocycles. The summed E-state index contributed by atoms with van der Waals surface area (Å²) in [4.78, 5) is 40.0. The molecule has 25 heavy (non-hydrogen) atoms. The predicted molar refractivity (Wildman–Crippen MR) is 92.0 cm³/mol. The molecule has 0 bridgehead atoms. The number of piperidine rings is 1. The molecule has 134 valence electrons. The number of rotatable bonds is 5. The van der Waals surface area contributed by atoms with Crippen LogP contribution in [0.1, 0.15) is 43.0 Å². The summed E-state index contributed by atoms with van der Waals surface area (Å²) < 4.78 is 0. The molecule has 0 spiro atoms. The van der Waals surface area contributed by atoms with E-state index in [9.17, 15) is 19.5 Å². The van der Waals surface area contributed by atoms with Gasteiger partial charge in [0.15, 0.2) is 0 Å². The number of likely N-dealkylation sites (tertiary alicyclic amines) is 1. The van der Waals surface area contributed by atoms with E-state index in [0.717, 1.165) is 12.8 Å². The average molecular weight is 344 g/mol. The van der Waals surface area contributed by atoms with E-state index in [1.54, 1.807) is 28.9 Å². The van der Waals surface area contributed by atoms with Gasteiger partial charge in [0.05, 0.1) is 0 Å². The fourth-order valence-electron chi connectivity index (χ4n) is 3.46. The number of aliphatic carboxylic acids is 1. The summed E-state index contributed by atoms with van der Waals surface area (Å²) in [6, 6.07) is 8.42. The van der Waals surface area contributed by atoms with Crippen molar-refractivity contribution in [3.05, 3.63) is 35.9 Å². The third-order valence-electron chi connectivity index (χ3n) is 5.12. The summed E-state index contributed by atoms with van der Waals surface area (Å²) in [6.07, 6.45) is 2.95. The smallest absolute Gasteiger partial charge is 0.326 e. The number of nitrogens with zero attached hydrogens (tertiary/aromatic N) is 2. The number of carbonyl (C=O) groups excluding carboxylic acids is 2. The van der Waals surface area contributed by atoms with Crippen molar-refractivity contribution in [3.8, 4) is 0 Å². The molecule has 1 N–H and O–H groups in total. The van der Waals surface area contributed by atoms with Crippen LogP contribution in [-0.4, -0.2) is 57.9 Å². The van der Waals surface area contributed by atoms with E-state index in [2.05, 4.69) is 0 Å². The third kappa shape index (κ3) is 3.83. The lowest BCUT2D eigenvalue weighted by atomic mass is 9.94. The Bertz CT molecular complexity index is 649. The van der Waals surface area contributed by atoms with Crippen molar-refractivity contribution in [1.29, 1.82) is 0 Å². The van der Waals surface area contributed by atoms with Crippen LogP contribution in [0.2, 0.25) is 0 Å². The SMILES string of the molecule is CC(C(=O)O)N(C(=O)C1CCN(C(=O)c2ccccc2)CC1)C1CC1. The van der Waals surface area contributed by atoms with Crippen molar-refractivity contribution in [3.63, 3.8) is 0 Å². The third-order valence-corrected chi connectivity index (χ3v) is 5.12. The van der Waals surface area contributed by atoms with Gasteiger partial charge in [-0.05, 0) is 44.7 Å². The maximum atomic E-state index is 12.8. The van der Waals surface area contributed by atoms with Gasteiger partial charge >= 0.3 is 5.97 Å². The number of hydrogen-bond acceptors (Lipinski definition) is 3. The van der Waals surface area contributed by atoms with Crippen LogP contribution in [0.5, 0.6) is 0 Å². The van der Waals surface area contributed by atoms with Crippen LogP contribution in [0.3, 0.4) is 0 Å². The molecule has 1 saturated heterocycles. The van der Waals surface area contributed by atoms with Crippen LogP contribution in [0.4, 0.5) is 0 Å². The fourth-order valence-corrected chi connectivity index (χ4v) is 3.46. The minimum atomic E-state index is -0.961. The van der Waals surface area contributed by atoms with E-state index in [0.29, 0.717) is 31.5 Å². The molecule has 1 saturated carbocycles. The Morgan fingerprint density at radius 2 is 1.68 bits per heavy atom. The number of carboxylic acids is 1. The van der Waals surface area contributed by atoms with Gasteiger partial charge in [0.2, 0.25) is 5.91 Å². The maximum Gasteiger partial charge on any atom is 0.326 e. The molecule has 1 aliphatic carbocycles. The molecule has 6 nitrogen and oxygen atoms in total. The van der Waals surface area contributed by atoms with Gasteiger partial charge in [-0.15, -0.1) is 0 Å². The van der Waals surface area contributed by atoms with Crippen LogP contribution in [0, 0.1) is 5.92 Å². The monoisotopic (exact) mass is 344 g/mol. The quantitative estimate of drug-likeness (QED) is 0.886. The molecule has 1 heterocycles. The highest BCUT2D eigenvalue weighted by molar-refractivity contribution is 5.94. The highest BCUT2D eigenvalue weighted by atomic mass is 16.4. The van der Waals surface area contributed by atoms with Crippen molar-refractivity contribution >= 4 is 17.8 Å². The summed E-state index contributed by atoms with van der Waals surface area (Å²) in [5.74, 6) is -1.23. The fraction of sp³-hybridized carbons (Fsp3) is 0.526. The molecule has 2 fully saturated rings. The minimum absolute atomic E-state index is 0.00977. The lowest BCUT2D eigenvalue weighted by Gasteiger charge is -2.35. The number of carboxylic acid groups (broad SMARTS) is 1. The first-order valence-electron chi connectivity index (χ1n) is 8.88. The Balaban J connectivity index is 1.60. The minimum Gasteiger partial charge on any atom is -0.480 e. The predicted octanol–water partition coefficient (Wildman–Crippen LogP) is 2.00. The first-order chi connectivity index (χ1) is 12.0. The number of amides is 2. The molecule has 1 unspecified atom stereocenters. The highest BCUT2D eigenvalue weighted by Crippen LogP contribution is 2.32. The maximum absolute atomic E-state index is 12.8. The van der Waals surface area contributed by atoms with E-state index >= 15 is 0 Å². The Hall–Kier alpha value is -2.37. The van der Waals surface area contributed by atoms with Gasteiger partial charge in [0, 0.05) is 30.6 Å². The summed E-state index contributed by atoms with van der Waals surface area (Å²) in [5.41, 5.74) is 0.659. The molecule has 3 rings (SSSR count). The van der Waals surface area contributed by atoms with Crippen molar-refractivity contribution in [1.82, 2.24) is 9.80 Å². The number of carbonyl (C=O) groups is 3. The van der Waals surface area contributed by atoms with Crippen LogP contribution < -0.4 is 0 Å². The van der Waals surface area contributed by atoms with Gasteiger partial charge < -0.3 is 14.9 Å².